The molecule has 0 bridgehead atoms. The number of nitrogens with one attached hydrogen (secondary N) is 1. The molecule has 1 aromatic carbocycles. The van der Waals surface area contributed by atoms with Crippen molar-refractivity contribution in [1.82, 2.24) is 5.32 Å². The van der Waals surface area contributed by atoms with Crippen LogP contribution in [0.15, 0.2) is 24.3 Å². The third-order valence-corrected chi connectivity index (χ3v) is 3.46. The van der Waals surface area contributed by atoms with Crippen molar-refractivity contribution in [3.05, 3.63) is 24.3 Å². The number of carbonyl (C=O) groups is 1. The van der Waals surface area contributed by atoms with Crippen LogP contribution in [0.1, 0.15) is 12.8 Å². The average Bonchev–Trinajstić information content (AvgIpc) is 2.46. The molecule has 1 amide bonds. The molecule has 0 aliphatic carbocycles. The summed E-state index contributed by atoms with van der Waals surface area (Å²) in [5.74, 6) is 1.12. The van der Waals surface area contributed by atoms with Crippen molar-refractivity contribution < 1.29 is 9.53 Å². The number of methoxy groups -OCH3 is 1. The number of ether oxygens (including phenoxy) is 1. The van der Waals surface area contributed by atoms with Gasteiger partial charge in [-0.1, -0.05) is 6.07 Å². The van der Waals surface area contributed by atoms with Crippen molar-refractivity contribution in [3.8, 4) is 5.75 Å². The molecule has 0 spiro atoms. The summed E-state index contributed by atoms with van der Waals surface area (Å²) in [5.41, 5.74) is 0.887. The quantitative estimate of drug-likeness (QED) is 0.884. The SMILES string of the molecule is COc1cccc(N(C)C(=O)C2CCNCC2)c1. The molecular formula is C14H20N2O2. The minimum Gasteiger partial charge on any atom is -0.497 e. The molecule has 4 nitrogen and oxygen atoms in total. The van der Waals surface area contributed by atoms with E-state index in [9.17, 15) is 4.79 Å². The molecular weight excluding hydrogens is 228 g/mol. The van der Waals surface area contributed by atoms with Gasteiger partial charge in [-0.2, -0.15) is 0 Å². The van der Waals surface area contributed by atoms with Gasteiger partial charge in [0.2, 0.25) is 5.91 Å². The van der Waals surface area contributed by atoms with Crippen LogP contribution in [0.3, 0.4) is 0 Å². The maximum absolute atomic E-state index is 12.4. The molecule has 0 unspecified atom stereocenters. The number of anilines is 1. The normalized spacial score (nSPS) is 16.3. The largest absolute Gasteiger partial charge is 0.497 e. The Labute approximate surface area is 108 Å². The molecule has 1 N–H and O–H groups in total. The summed E-state index contributed by atoms with van der Waals surface area (Å²) in [5, 5.41) is 3.28. The first-order chi connectivity index (χ1) is 8.72. The lowest BCUT2D eigenvalue weighted by molar-refractivity contribution is -0.122. The van der Waals surface area contributed by atoms with Crippen molar-refractivity contribution in [2.75, 3.05) is 32.1 Å². The first-order valence-electron chi connectivity index (χ1n) is 6.34. The zero-order valence-corrected chi connectivity index (χ0v) is 11.0. The van der Waals surface area contributed by atoms with Gasteiger partial charge in [-0.15, -0.1) is 0 Å². The number of amides is 1. The van der Waals surface area contributed by atoms with Gasteiger partial charge in [0.05, 0.1) is 7.11 Å². The van der Waals surface area contributed by atoms with Crippen LogP contribution < -0.4 is 15.0 Å². The first kappa shape index (κ1) is 12.9. The number of rotatable bonds is 3. The minimum atomic E-state index is 0.141. The van der Waals surface area contributed by atoms with Crippen molar-refractivity contribution >= 4 is 11.6 Å². The van der Waals surface area contributed by atoms with E-state index >= 15 is 0 Å². The lowest BCUT2D eigenvalue weighted by atomic mass is 9.96. The highest BCUT2D eigenvalue weighted by Gasteiger charge is 2.24. The Balaban J connectivity index is 2.09. The molecule has 4 heteroatoms. The van der Waals surface area contributed by atoms with Crippen molar-refractivity contribution in [1.29, 1.82) is 0 Å². The van der Waals surface area contributed by atoms with E-state index in [2.05, 4.69) is 5.32 Å². The Hall–Kier alpha value is -1.55. The summed E-state index contributed by atoms with van der Waals surface area (Å²) < 4.78 is 5.18. The minimum absolute atomic E-state index is 0.141. The number of benzene rings is 1. The molecule has 1 aliphatic rings. The Morgan fingerprint density at radius 3 is 2.78 bits per heavy atom. The predicted molar refractivity (Wildman–Crippen MR) is 72.0 cm³/mol. The maximum atomic E-state index is 12.4. The Morgan fingerprint density at radius 1 is 1.39 bits per heavy atom. The van der Waals surface area contributed by atoms with Gasteiger partial charge in [-0.25, -0.2) is 0 Å². The number of carbonyl (C=O) groups excluding carboxylic acids is 1. The van der Waals surface area contributed by atoms with E-state index in [1.165, 1.54) is 0 Å². The van der Waals surface area contributed by atoms with Gasteiger partial charge in [-0.05, 0) is 38.1 Å². The number of hydrogen-bond acceptors (Lipinski definition) is 3. The number of nitrogens with zero attached hydrogens (tertiary/aromatic N) is 1. The Morgan fingerprint density at radius 2 is 2.11 bits per heavy atom. The summed E-state index contributed by atoms with van der Waals surface area (Å²) in [6.07, 6.45) is 1.85. The zero-order chi connectivity index (χ0) is 13.0. The number of piperidine rings is 1. The van der Waals surface area contributed by atoms with E-state index in [1.807, 2.05) is 31.3 Å². The van der Waals surface area contributed by atoms with E-state index < -0.39 is 0 Å². The third-order valence-electron chi connectivity index (χ3n) is 3.46. The Kier molecular flexibility index (Phi) is 4.20. The van der Waals surface area contributed by atoms with E-state index in [4.69, 9.17) is 4.74 Å². The van der Waals surface area contributed by atoms with Gasteiger partial charge in [0.1, 0.15) is 5.75 Å². The fourth-order valence-electron chi connectivity index (χ4n) is 2.29. The van der Waals surface area contributed by atoms with Gasteiger partial charge in [0.25, 0.3) is 0 Å². The maximum Gasteiger partial charge on any atom is 0.229 e. The van der Waals surface area contributed by atoms with E-state index in [-0.39, 0.29) is 11.8 Å². The molecule has 0 aromatic heterocycles. The standard InChI is InChI=1S/C14H20N2O2/c1-16(12-4-3-5-13(10-12)18-2)14(17)11-6-8-15-9-7-11/h3-5,10-11,15H,6-9H2,1-2H3. The summed E-state index contributed by atoms with van der Waals surface area (Å²) in [6, 6.07) is 7.60. The highest BCUT2D eigenvalue weighted by atomic mass is 16.5. The van der Waals surface area contributed by atoms with Crippen LogP contribution in [0.2, 0.25) is 0 Å². The molecule has 2 rings (SSSR count). The molecule has 0 atom stereocenters. The van der Waals surface area contributed by atoms with Gasteiger partial charge < -0.3 is 15.0 Å². The molecule has 1 saturated heterocycles. The molecule has 18 heavy (non-hydrogen) atoms. The van der Waals surface area contributed by atoms with Crippen LogP contribution in [0.25, 0.3) is 0 Å². The highest BCUT2D eigenvalue weighted by Crippen LogP contribution is 2.23. The van der Waals surface area contributed by atoms with Crippen LogP contribution in [0, 0.1) is 5.92 Å². The van der Waals surface area contributed by atoms with Crippen molar-refractivity contribution in [2.24, 2.45) is 5.92 Å². The summed E-state index contributed by atoms with van der Waals surface area (Å²) in [6.45, 7) is 1.87. The van der Waals surface area contributed by atoms with Crippen LogP contribution in [0.5, 0.6) is 5.75 Å². The summed E-state index contributed by atoms with van der Waals surface area (Å²) in [7, 11) is 3.47. The monoisotopic (exact) mass is 248 g/mol. The van der Waals surface area contributed by atoms with E-state index in [0.29, 0.717) is 0 Å². The summed E-state index contributed by atoms with van der Waals surface area (Å²) in [4.78, 5) is 14.1. The predicted octanol–water partition coefficient (Wildman–Crippen LogP) is 1.66. The Bertz CT molecular complexity index is 414. The van der Waals surface area contributed by atoms with Crippen LogP contribution in [-0.2, 0) is 4.79 Å². The third kappa shape index (κ3) is 2.82. The second-order valence-electron chi connectivity index (χ2n) is 4.62. The molecule has 98 valence electrons. The fourth-order valence-corrected chi connectivity index (χ4v) is 2.29. The second kappa shape index (κ2) is 5.87. The fraction of sp³-hybridized carbons (Fsp3) is 0.500. The smallest absolute Gasteiger partial charge is 0.229 e. The van der Waals surface area contributed by atoms with E-state index in [1.54, 1.807) is 12.0 Å². The van der Waals surface area contributed by atoms with Gasteiger partial charge >= 0.3 is 0 Å². The van der Waals surface area contributed by atoms with Gasteiger partial charge in [-0.3, -0.25) is 4.79 Å². The molecule has 1 aliphatic heterocycles. The molecule has 1 aromatic rings. The van der Waals surface area contributed by atoms with Crippen LogP contribution >= 0.6 is 0 Å². The summed E-state index contributed by atoms with van der Waals surface area (Å²) >= 11 is 0. The van der Waals surface area contributed by atoms with Crippen molar-refractivity contribution in [2.45, 2.75) is 12.8 Å². The molecule has 0 saturated carbocycles. The first-order valence-corrected chi connectivity index (χ1v) is 6.34. The van der Waals surface area contributed by atoms with Gasteiger partial charge in [0.15, 0.2) is 0 Å². The topological polar surface area (TPSA) is 41.6 Å². The second-order valence-corrected chi connectivity index (χ2v) is 4.62. The van der Waals surface area contributed by atoms with Crippen LogP contribution in [-0.4, -0.2) is 33.2 Å². The molecule has 1 heterocycles. The van der Waals surface area contributed by atoms with Gasteiger partial charge in [0, 0.05) is 24.7 Å². The molecule has 0 radical (unpaired) electrons. The molecule has 1 fully saturated rings. The van der Waals surface area contributed by atoms with Crippen LogP contribution in [0.4, 0.5) is 5.69 Å². The zero-order valence-electron chi connectivity index (χ0n) is 11.0. The average molecular weight is 248 g/mol. The number of hydrogen-bond donors (Lipinski definition) is 1. The lowest BCUT2D eigenvalue weighted by Crippen LogP contribution is -2.39. The highest BCUT2D eigenvalue weighted by molar-refractivity contribution is 5.94. The van der Waals surface area contributed by atoms with Crippen molar-refractivity contribution in [3.63, 3.8) is 0 Å². The lowest BCUT2D eigenvalue weighted by Gasteiger charge is -2.27. The van der Waals surface area contributed by atoms with E-state index in [0.717, 1.165) is 37.4 Å².